The van der Waals surface area contributed by atoms with Crippen LogP contribution in [0.25, 0.3) is 10.9 Å². The Morgan fingerprint density at radius 1 is 0.972 bits per heavy atom. The Kier molecular flexibility index (Phi) is 7.43. The van der Waals surface area contributed by atoms with Crippen molar-refractivity contribution in [2.24, 2.45) is 0 Å². The molecule has 4 aromatic rings. The lowest BCUT2D eigenvalue weighted by atomic mass is 10.1. The lowest BCUT2D eigenvalue weighted by molar-refractivity contribution is -0.274. The predicted octanol–water partition coefficient (Wildman–Crippen LogP) is 5.69. The van der Waals surface area contributed by atoms with Crippen molar-refractivity contribution in [1.82, 2.24) is 10.3 Å². The molecule has 0 saturated heterocycles. The molecule has 0 spiro atoms. The van der Waals surface area contributed by atoms with E-state index in [9.17, 15) is 18.0 Å². The summed E-state index contributed by atoms with van der Waals surface area (Å²) >= 11 is 0. The molecule has 0 aliphatic heterocycles. The molecule has 2 N–H and O–H groups in total. The van der Waals surface area contributed by atoms with Gasteiger partial charge in [0.15, 0.2) is 11.5 Å². The van der Waals surface area contributed by atoms with Gasteiger partial charge in [-0.2, -0.15) is 0 Å². The van der Waals surface area contributed by atoms with Crippen LogP contribution in [0.5, 0.6) is 17.2 Å². The third kappa shape index (κ3) is 6.35. The number of methoxy groups -OCH3 is 1. The minimum absolute atomic E-state index is 0.253. The van der Waals surface area contributed by atoms with E-state index in [1.165, 1.54) is 24.4 Å². The first-order chi connectivity index (χ1) is 17.3. The first-order valence-corrected chi connectivity index (χ1v) is 10.9. The summed E-state index contributed by atoms with van der Waals surface area (Å²) in [4.78, 5) is 16.6. The smallest absolute Gasteiger partial charge is 0.493 e. The number of fused-ring (bicyclic) bond motifs is 1. The van der Waals surface area contributed by atoms with Crippen LogP contribution in [0.3, 0.4) is 0 Å². The van der Waals surface area contributed by atoms with Gasteiger partial charge in [0, 0.05) is 34.6 Å². The van der Waals surface area contributed by atoms with Crippen LogP contribution in [0.4, 0.5) is 24.5 Å². The van der Waals surface area contributed by atoms with Crippen LogP contribution < -0.4 is 24.8 Å². The number of halogens is 3. The van der Waals surface area contributed by atoms with Gasteiger partial charge in [0.25, 0.3) is 5.91 Å². The van der Waals surface area contributed by atoms with Crippen molar-refractivity contribution in [3.63, 3.8) is 0 Å². The first kappa shape index (κ1) is 24.6. The highest BCUT2D eigenvalue weighted by Gasteiger charge is 2.31. The lowest BCUT2D eigenvalue weighted by Gasteiger charge is -2.13. The van der Waals surface area contributed by atoms with Crippen LogP contribution >= 0.6 is 0 Å². The second-order valence-corrected chi connectivity index (χ2v) is 7.54. The van der Waals surface area contributed by atoms with Crippen LogP contribution in [0.15, 0.2) is 79.0 Å². The number of anilines is 2. The molecule has 3 aromatic carbocycles. The van der Waals surface area contributed by atoms with Gasteiger partial charge in [0.2, 0.25) is 0 Å². The summed E-state index contributed by atoms with van der Waals surface area (Å²) in [6.07, 6.45) is -3.29. The number of carbonyl (C=O) groups is 1. The number of carbonyl (C=O) groups excluding carboxylic acids is 1. The Bertz CT molecular complexity index is 1340. The van der Waals surface area contributed by atoms with Gasteiger partial charge in [0.05, 0.1) is 19.2 Å². The standard InChI is InChI=1S/C26H22F3N3O4/c1-34-23-4-2-3-5-24(23)35-15-14-31-25(33)17-6-8-18(9-7-17)32-21-12-13-30-22-16-19(10-11-20(21)22)36-26(27,28)29/h2-13,16H,14-15H2,1H3,(H,30,32)(H,31,33). The number of alkyl halides is 3. The number of hydrogen-bond acceptors (Lipinski definition) is 6. The minimum atomic E-state index is -4.78. The fourth-order valence-electron chi connectivity index (χ4n) is 3.46. The van der Waals surface area contributed by atoms with E-state index in [4.69, 9.17) is 9.47 Å². The van der Waals surface area contributed by atoms with Crippen molar-refractivity contribution >= 4 is 28.2 Å². The number of hydrogen-bond donors (Lipinski definition) is 2. The number of aromatic nitrogens is 1. The van der Waals surface area contributed by atoms with Crippen molar-refractivity contribution < 1.29 is 32.2 Å². The Morgan fingerprint density at radius 2 is 1.72 bits per heavy atom. The highest BCUT2D eigenvalue weighted by molar-refractivity contribution is 5.95. The van der Waals surface area contributed by atoms with Crippen molar-refractivity contribution in [3.8, 4) is 17.2 Å². The van der Waals surface area contributed by atoms with Crippen molar-refractivity contribution in [2.45, 2.75) is 6.36 Å². The normalized spacial score (nSPS) is 11.1. The number of ether oxygens (including phenoxy) is 3. The molecule has 1 heterocycles. The number of nitrogens with zero attached hydrogens (tertiary/aromatic N) is 1. The summed E-state index contributed by atoms with van der Waals surface area (Å²) in [5, 5.41) is 6.61. The molecule has 7 nitrogen and oxygen atoms in total. The van der Waals surface area contributed by atoms with E-state index in [0.717, 1.165) is 0 Å². The lowest BCUT2D eigenvalue weighted by Crippen LogP contribution is -2.28. The van der Waals surface area contributed by atoms with Gasteiger partial charge < -0.3 is 24.8 Å². The molecule has 0 atom stereocenters. The molecule has 1 amide bonds. The molecule has 0 saturated carbocycles. The quantitative estimate of drug-likeness (QED) is 0.289. The van der Waals surface area contributed by atoms with Gasteiger partial charge >= 0.3 is 6.36 Å². The third-order valence-electron chi connectivity index (χ3n) is 5.09. The molecule has 0 unspecified atom stereocenters. The van der Waals surface area contributed by atoms with Crippen LogP contribution in [0, 0.1) is 0 Å². The van der Waals surface area contributed by atoms with E-state index in [1.54, 1.807) is 49.6 Å². The van der Waals surface area contributed by atoms with E-state index in [-0.39, 0.29) is 18.3 Å². The van der Waals surface area contributed by atoms with Crippen LogP contribution in [0.2, 0.25) is 0 Å². The van der Waals surface area contributed by atoms with Crippen LogP contribution in [-0.4, -0.2) is 37.5 Å². The molecule has 0 aliphatic rings. The summed E-state index contributed by atoms with van der Waals surface area (Å²) in [5.41, 5.74) is 2.14. The van der Waals surface area contributed by atoms with E-state index in [0.29, 0.717) is 45.9 Å². The number of benzene rings is 3. The van der Waals surface area contributed by atoms with E-state index in [1.807, 2.05) is 12.1 Å². The number of rotatable bonds is 9. The Morgan fingerprint density at radius 3 is 2.44 bits per heavy atom. The molecule has 1 aromatic heterocycles. The van der Waals surface area contributed by atoms with Gasteiger partial charge in [0.1, 0.15) is 12.4 Å². The molecular weight excluding hydrogens is 475 g/mol. The molecule has 36 heavy (non-hydrogen) atoms. The summed E-state index contributed by atoms with van der Waals surface area (Å²) in [5.74, 6) is 0.612. The van der Waals surface area contributed by atoms with E-state index < -0.39 is 6.36 Å². The van der Waals surface area contributed by atoms with Crippen molar-refractivity contribution in [3.05, 3.63) is 84.6 Å². The SMILES string of the molecule is COc1ccccc1OCCNC(=O)c1ccc(Nc2ccnc3cc(OC(F)(F)F)ccc23)cc1. The van der Waals surface area contributed by atoms with Gasteiger partial charge in [-0.25, -0.2) is 0 Å². The zero-order valence-electron chi connectivity index (χ0n) is 19.1. The average molecular weight is 497 g/mol. The Hall–Kier alpha value is -4.47. The van der Waals surface area contributed by atoms with Crippen molar-refractivity contribution in [2.75, 3.05) is 25.6 Å². The monoisotopic (exact) mass is 497 g/mol. The maximum atomic E-state index is 12.5. The zero-order chi connectivity index (χ0) is 25.5. The number of nitrogens with one attached hydrogen (secondary N) is 2. The maximum Gasteiger partial charge on any atom is 0.573 e. The van der Waals surface area contributed by atoms with Gasteiger partial charge in [-0.15, -0.1) is 13.2 Å². The number of para-hydroxylation sites is 2. The topological polar surface area (TPSA) is 81.7 Å². The molecule has 0 radical (unpaired) electrons. The zero-order valence-corrected chi connectivity index (χ0v) is 19.1. The maximum absolute atomic E-state index is 12.5. The second kappa shape index (κ2) is 10.9. The summed E-state index contributed by atoms with van der Waals surface area (Å²) in [6, 6.07) is 19.7. The van der Waals surface area contributed by atoms with Gasteiger partial charge in [-0.05, 0) is 54.6 Å². The van der Waals surface area contributed by atoms with Crippen LogP contribution in [-0.2, 0) is 0 Å². The van der Waals surface area contributed by atoms with E-state index in [2.05, 4.69) is 20.4 Å². The third-order valence-corrected chi connectivity index (χ3v) is 5.09. The summed E-state index contributed by atoms with van der Waals surface area (Å²) in [6.45, 7) is 0.580. The molecule has 10 heteroatoms. The highest BCUT2D eigenvalue weighted by Crippen LogP contribution is 2.30. The summed E-state index contributed by atoms with van der Waals surface area (Å²) < 4.78 is 52.3. The Labute approximate surface area is 204 Å². The molecule has 0 fully saturated rings. The van der Waals surface area contributed by atoms with Gasteiger partial charge in [-0.1, -0.05) is 12.1 Å². The van der Waals surface area contributed by atoms with Crippen molar-refractivity contribution in [1.29, 1.82) is 0 Å². The number of amides is 1. The minimum Gasteiger partial charge on any atom is -0.493 e. The fraction of sp³-hybridized carbons (Fsp3) is 0.154. The Balaban J connectivity index is 1.34. The molecule has 0 aliphatic carbocycles. The molecule has 0 bridgehead atoms. The first-order valence-electron chi connectivity index (χ1n) is 10.9. The molecule has 4 rings (SSSR count). The molecule has 186 valence electrons. The van der Waals surface area contributed by atoms with E-state index >= 15 is 0 Å². The largest absolute Gasteiger partial charge is 0.573 e. The van der Waals surface area contributed by atoms with Gasteiger partial charge in [-0.3, -0.25) is 9.78 Å². The fourth-order valence-corrected chi connectivity index (χ4v) is 3.46. The summed E-state index contributed by atoms with van der Waals surface area (Å²) in [7, 11) is 1.56. The average Bonchev–Trinajstić information content (AvgIpc) is 2.86. The highest BCUT2D eigenvalue weighted by atomic mass is 19.4. The van der Waals surface area contributed by atoms with Crippen LogP contribution in [0.1, 0.15) is 10.4 Å². The predicted molar refractivity (Wildman–Crippen MR) is 129 cm³/mol. The molecular formula is C26H22F3N3O4. The number of pyridine rings is 1. The second-order valence-electron chi connectivity index (χ2n) is 7.54.